The zero-order valence-corrected chi connectivity index (χ0v) is 19.0. The van der Waals surface area contributed by atoms with Gasteiger partial charge in [0.2, 0.25) is 15.9 Å². The SMILES string of the molecule is CC(=O)c1ccc(S(=O)(=O)N2CCN([C@@H](C)C(=O)N(C)Cc3ccccc3)CC2)cc1. The number of carbonyl (C=O) groups is 2. The molecule has 0 unspecified atom stereocenters. The van der Waals surface area contributed by atoms with Crippen LogP contribution in [0.5, 0.6) is 0 Å². The first kappa shape index (κ1) is 23.1. The van der Waals surface area contributed by atoms with Crippen molar-refractivity contribution < 1.29 is 18.0 Å². The van der Waals surface area contributed by atoms with Crippen molar-refractivity contribution in [2.24, 2.45) is 0 Å². The fourth-order valence-electron chi connectivity index (χ4n) is 3.75. The first-order valence-corrected chi connectivity index (χ1v) is 11.8. The minimum absolute atomic E-state index is 0.0139. The van der Waals surface area contributed by atoms with Crippen LogP contribution < -0.4 is 0 Å². The second-order valence-corrected chi connectivity index (χ2v) is 9.81. The Morgan fingerprint density at radius 2 is 1.55 bits per heavy atom. The van der Waals surface area contributed by atoms with Crippen LogP contribution in [0.1, 0.15) is 29.8 Å². The highest BCUT2D eigenvalue weighted by Gasteiger charge is 2.32. The van der Waals surface area contributed by atoms with Gasteiger partial charge in [0.1, 0.15) is 0 Å². The number of hydrogen-bond donors (Lipinski definition) is 0. The van der Waals surface area contributed by atoms with Gasteiger partial charge in [-0.3, -0.25) is 14.5 Å². The molecule has 166 valence electrons. The Kier molecular flexibility index (Phi) is 7.25. The molecular weight excluding hydrogens is 414 g/mol. The summed E-state index contributed by atoms with van der Waals surface area (Å²) in [5, 5.41) is 0. The van der Waals surface area contributed by atoms with Crippen molar-refractivity contribution in [1.82, 2.24) is 14.1 Å². The van der Waals surface area contributed by atoms with Gasteiger partial charge in [0, 0.05) is 45.3 Å². The van der Waals surface area contributed by atoms with Crippen LogP contribution in [0.15, 0.2) is 59.5 Å². The molecule has 8 heteroatoms. The van der Waals surface area contributed by atoms with Gasteiger partial charge in [-0.15, -0.1) is 0 Å². The lowest BCUT2D eigenvalue weighted by Gasteiger charge is -2.37. The number of Topliss-reactive ketones (excluding diaryl/α,β-unsaturated/α-hetero) is 1. The molecular formula is C23H29N3O4S. The maximum Gasteiger partial charge on any atom is 0.243 e. The Morgan fingerprint density at radius 1 is 0.968 bits per heavy atom. The number of rotatable bonds is 7. The summed E-state index contributed by atoms with van der Waals surface area (Å²) < 4.78 is 27.3. The second-order valence-electron chi connectivity index (χ2n) is 7.88. The standard InChI is InChI=1S/C23H29N3O4S/c1-18(23(28)24(3)17-20-7-5-4-6-8-20)25-13-15-26(16-14-25)31(29,30)22-11-9-21(10-12-22)19(2)27/h4-12,18H,13-17H2,1-3H3/t18-/m0/s1. The minimum atomic E-state index is -3.63. The van der Waals surface area contributed by atoms with Gasteiger partial charge in [-0.1, -0.05) is 42.5 Å². The molecule has 1 aliphatic heterocycles. The van der Waals surface area contributed by atoms with Crippen LogP contribution in [-0.2, 0) is 21.4 Å². The molecule has 1 amide bonds. The summed E-state index contributed by atoms with van der Waals surface area (Å²) >= 11 is 0. The van der Waals surface area contributed by atoms with Crippen LogP contribution in [0.4, 0.5) is 0 Å². The van der Waals surface area contributed by atoms with Crippen molar-refractivity contribution >= 4 is 21.7 Å². The van der Waals surface area contributed by atoms with Crippen molar-refractivity contribution in [3.8, 4) is 0 Å². The highest BCUT2D eigenvalue weighted by atomic mass is 32.2. The second kappa shape index (κ2) is 9.72. The highest BCUT2D eigenvalue weighted by molar-refractivity contribution is 7.89. The maximum atomic E-state index is 12.9. The van der Waals surface area contributed by atoms with Crippen molar-refractivity contribution in [2.75, 3.05) is 33.2 Å². The van der Waals surface area contributed by atoms with Gasteiger partial charge in [0.05, 0.1) is 10.9 Å². The van der Waals surface area contributed by atoms with E-state index in [9.17, 15) is 18.0 Å². The number of hydrogen-bond acceptors (Lipinski definition) is 5. The molecule has 0 saturated carbocycles. The van der Waals surface area contributed by atoms with E-state index in [0.717, 1.165) is 5.56 Å². The van der Waals surface area contributed by atoms with Gasteiger partial charge < -0.3 is 4.90 Å². The molecule has 0 N–H and O–H groups in total. The summed E-state index contributed by atoms with van der Waals surface area (Å²) in [6.07, 6.45) is 0. The summed E-state index contributed by atoms with van der Waals surface area (Å²) in [7, 11) is -1.84. The van der Waals surface area contributed by atoms with Crippen molar-refractivity contribution in [2.45, 2.75) is 31.3 Å². The molecule has 0 spiro atoms. The van der Waals surface area contributed by atoms with E-state index in [1.54, 1.807) is 11.9 Å². The Balaban J connectivity index is 1.59. The lowest BCUT2D eigenvalue weighted by Crippen LogP contribution is -2.54. The molecule has 0 bridgehead atoms. The lowest BCUT2D eigenvalue weighted by atomic mass is 10.2. The van der Waals surface area contributed by atoms with Gasteiger partial charge in [-0.25, -0.2) is 8.42 Å². The monoisotopic (exact) mass is 443 g/mol. The van der Waals surface area contributed by atoms with E-state index in [1.165, 1.54) is 35.5 Å². The first-order valence-electron chi connectivity index (χ1n) is 10.3. The average molecular weight is 444 g/mol. The van der Waals surface area contributed by atoms with Crippen molar-refractivity contribution in [1.29, 1.82) is 0 Å². The van der Waals surface area contributed by atoms with E-state index in [2.05, 4.69) is 0 Å². The fourth-order valence-corrected chi connectivity index (χ4v) is 5.17. The number of likely N-dealkylation sites (N-methyl/N-ethyl adjacent to an activating group) is 1. The number of piperazine rings is 1. The van der Waals surface area contributed by atoms with Crippen LogP contribution in [-0.4, -0.2) is 73.5 Å². The molecule has 1 aliphatic rings. The largest absolute Gasteiger partial charge is 0.340 e. The van der Waals surface area contributed by atoms with Crippen LogP contribution in [0.3, 0.4) is 0 Å². The van der Waals surface area contributed by atoms with Crippen molar-refractivity contribution in [3.05, 3.63) is 65.7 Å². The summed E-state index contributed by atoms with van der Waals surface area (Å²) in [5.41, 5.74) is 1.55. The van der Waals surface area contributed by atoms with Crippen LogP contribution in [0, 0.1) is 0 Å². The number of carbonyl (C=O) groups excluding carboxylic acids is 2. The summed E-state index contributed by atoms with van der Waals surface area (Å²) in [6.45, 7) is 5.45. The zero-order chi connectivity index (χ0) is 22.6. The Bertz CT molecular complexity index is 1010. The van der Waals surface area contributed by atoms with E-state index in [4.69, 9.17) is 0 Å². The molecule has 0 aliphatic carbocycles. The van der Waals surface area contributed by atoms with Crippen LogP contribution >= 0.6 is 0 Å². The summed E-state index contributed by atoms with van der Waals surface area (Å²) in [6, 6.07) is 15.5. The topological polar surface area (TPSA) is 78.0 Å². The van der Waals surface area contributed by atoms with Gasteiger partial charge in [-0.2, -0.15) is 4.31 Å². The Hall–Kier alpha value is -2.55. The summed E-state index contributed by atoms with van der Waals surface area (Å²) in [5.74, 6) is -0.0894. The predicted octanol–water partition coefficient (Wildman–Crippen LogP) is 2.24. The van der Waals surface area contributed by atoms with Crippen LogP contribution in [0.25, 0.3) is 0 Å². The molecule has 2 aromatic rings. The zero-order valence-electron chi connectivity index (χ0n) is 18.2. The quantitative estimate of drug-likeness (QED) is 0.614. The molecule has 7 nitrogen and oxygen atoms in total. The van der Waals surface area contributed by atoms with Gasteiger partial charge in [0.25, 0.3) is 0 Å². The Morgan fingerprint density at radius 3 is 2.10 bits per heavy atom. The number of sulfonamides is 1. The fraction of sp³-hybridized carbons (Fsp3) is 0.391. The van der Waals surface area contributed by atoms with Gasteiger partial charge in [0.15, 0.2) is 5.78 Å². The highest BCUT2D eigenvalue weighted by Crippen LogP contribution is 2.20. The molecule has 2 aromatic carbocycles. The van der Waals surface area contributed by atoms with E-state index in [0.29, 0.717) is 38.3 Å². The average Bonchev–Trinajstić information content (AvgIpc) is 2.78. The number of benzene rings is 2. The van der Waals surface area contributed by atoms with E-state index in [1.807, 2.05) is 42.2 Å². The third-order valence-electron chi connectivity index (χ3n) is 5.72. The summed E-state index contributed by atoms with van der Waals surface area (Å²) in [4.78, 5) is 28.2. The lowest BCUT2D eigenvalue weighted by molar-refractivity contribution is -0.136. The van der Waals surface area contributed by atoms with Crippen molar-refractivity contribution in [3.63, 3.8) is 0 Å². The number of nitrogens with zero attached hydrogens (tertiary/aromatic N) is 3. The molecule has 1 atom stereocenters. The first-order chi connectivity index (χ1) is 14.7. The molecule has 0 aromatic heterocycles. The Labute approximate surface area is 184 Å². The molecule has 1 heterocycles. The maximum absolute atomic E-state index is 12.9. The molecule has 0 radical (unpaired) electrons. The molecule has 3 rings (SSSR count). The predicted molar refractivity (Wildman–Crippen MR) is 119 cm³/mol. The number of ketones is 1. The third kappa shape index (κ3) is 5.39. The third-order valence-corrected chi connectivity index (χ3v) is 7.63. The van der Waals surface area contributed by atoms with Gasteiger partial charge in [-0.05, 0) is 31.5 Å². The molecule has 1 saturated heterocycles. The van der Waals surface area contributed by atoms with Gasteiger partial charge >= 0.3 is 0 Å². The molecule has 31 heavy (non-hydrogen) atoms. The van der Waals surface area contributed by atoms with E-state index in [-0.39, 0.29) is 22.6 Å². The minimum Gasteiger partial charge on any atom is -0.340 e. The normalized spacial score (nSPS) is 16.6. The van der Waals surface area contributed by atoms with E-state index < -0.39 is 10.0 Å². The van der Waals surface area contributed by atoms with Crippen LogP contribution in [0.2, 0.25) is 0 Å². The smallest absolute Gasteiger partial charge is 0.243 e. The molecule has 1 fully saturated rings. The number of amides is 1. The van der Waals surface area contributed by atoms with E-state index >= 15 is 0 Å².